The first-order valence-corrected chi connectivity index (χ1v) is 15.4. The van der Waals surface area contributed by atoms with Crippen LogP contribution in [0.25, 0.3) is 30.6 Å². The fourth-order valence-electron chi connectivity index (χ4n) is 2.52. The minimum absolute atomic E-state index is 0.918. The molecule has 0 nitrogen and oxygen atoms in total. The maximum absolute atomic E-state index is 6.48. The Kier molecular flexibility index (Phi) is 4.97. The van der Waals surface area contributed by atoms with Crippen LogP contribution >= 0.6 is 78.6 Å². The van der Waals surface area contributed by atoms with Gasteiger partial charge in [-0.2, -0.15) is 0 Å². The summed E-state index contributed by atoms with van der Waals surface area (Å²) in [7, 11) is 0. The van der Waals surface area contributed by atoms with E-state index in [1.807, 2.05) is 6.07 Å². The van der Waals surface area contributed by atoms with Crippen LogP contribution in [0.3, 0.4) is 0 Å². The Hall–Kier alpha value is -0.113. The SMILES string of the molecule is Cl[Si](Cl)(Cl)c1sc(-c2cccs2)c(-c2cccs2)c1-c1cccs1. The molecule has 4 aromatic heterocycles. The van der Waals surface area contributed by atoms with E-state index < -0.39 is 6.00 Å². The van der Waals surface area contributed by atoms with Gasteiger partial charge in [-0.15, -0.1) is 78.6 Å². The largest absolute Gasteiger partial charge is 0.383 e. The normalized spacial score (nSPS) is 12.0. The van der Waals surface area contributed by atoms with Crippen LogP contribution in [0.15, 0.2) is 52.5 Å². The number of thiophene rings is 4. The molecule has 0 fully saturated rings. The lowest BCUT2D eigenvalue weighted by Crippen LogP contribution is -2.28. The lowest BCUT2D eigenvalue weighted by molar-refractivity contribution is 1.84. The van der Waals surface area contributed by atoms with Crippen LogP contribution in [0.2, 0.25) is 0 Å². The molecule has 4 rings (SSSR count). The highest BCUT2D eigenvalue weighted by molar-refractivity contribution is 7.73. The van der Waals surface area contributed by atoms with E-state index in [4.69, 9.17) is 33.2 Å². The summed E-state index contributed by atoms with van der Waals surface area (Å²) in [5.41, 5.74) is 2.31. The summed E-state index contributed by atoms with van der Waals surface area (Å²) < 4.78 is 0.918. The fraction of sp³-hybridized carbons (Fsp3) is 0. The Labute approximate surface area is 171 Å². The Morgan fingerprint density at radius 1 is 0.667 bits per heavy atom. The smallest absolute Gasteiger partial charge is 0.144 e. The molecular weight excluding hydrogens is 455 g/mol. The third-order valence-corrected chi connectivity index (χ3v) is 12.0. The Balaban J connectivity index is 2.09. The van der Waals surface area contributed by atoms with Crippen LogP contribution in [-0.2, 0) is 0 Å². The van der Waals surface area contributed by atoms with Crippen molar-refractivity contribution in [2.75, 3.05) is 0 Å². The van der Waals surface area contributed by atoms with Gasteiger partial charge in [-0.25, -0.2) is 0 Å². The summed E-state index contributed by atoms with van der Waals surface area (Å²) in [5, 5.41) is 6.25. The second-order valence-electron chi connectivity index (χ2n) is 4.94. The van der Waals surface area contributed by atoms with Crippen LogP contribution in [-0.4, -0.2) is 6.00 Å². The number of rotatable bonds is 4. The molecule has 0 bridgehead atoms. The van der Waals surface area contributed by atoms with Gasteiger partial charge in [0.25, 0.3) is 0 Å². The van der Waals surface area contributed by atoms with E-state index >= 15 is 0 Å². The maximum atomic E-state index is 6.48. The average molecular weight is 464 g/mol. The second kappa shape index (κ2) is 6.89. The van der Waals surface area contributed by atoms with Crippen molar-refractivity contribution < 1.29 is 0 Å². The molecule has 0 atom stereocenters. The molecule has 0 radical (unpaired) electrons. The van der Waals surface area contributed by atoms with Crippen molar-refractivity contribution in [2.24, 2.45) is 0 Å². The predicted octanol–water partition coefficient (Wildman–Crippen LogP) is 7.80. The predicted molar refractivity (Wildman–Crippen MR) is 117 cm³/mol. The van der Waals surface area contributed by atoms with Gasteiger partial charge in [0.15, 0.2) is 0 Å². The van der Waals surface area contributed by atoms with Crippen molar-refractivity contribution in [3.8, 4) is 30.6 Å². The Bertz CT molecular complexity index is 933. The van der Waals surface area contributed by atoms with Crippen molar-refractivity contribution >= 4 is 89.1 Å². The van der Waals surface area contributed by atoms with Gasteiger partial charge in [0.05, 0.1) is 4.88 Å². The molecule has 0 unspecified atom stereocenters. The summed E-state index contributed by atoms with van der Waals surface area (Å²) in [4.78, 5) is 4.79. The third-order valence-electron chi connectivity index (χ3n) is 3.45. The molecule has 122 valence electrons. The molecule has 0 N–H and O–H groups in total. The quantitative estimate of drug-likeness (QED) is 0.214. The van der Waals surface area contributed by atoms with Gasteiger partial charge >= 0.3 is 6.00 Å². The molecule has 0 aliphatic carbocycles. The first-order valence-electron chi connectivity index (χ1n) is 6.91. The second-order valence-corrected chi connectivity index (χ2v) is 17.5. The fourth-order valence-corrected chi connectivity index (χ4v) is 9.45. The van der Waals surface area contributed by atoms with E-state index in [1.54, 1.807) is 45.3 Å². The zero-order valence-electron chi connectivity index (χ0n) is 12.0. The minimum atomic E-state index is -3.02. The van der Waals surface area contributed by atoms with E-state index in [9.17, 15) is 0 Å². The van der Waals surface area contributed by atoms with Crippen molar-refractivity contribution in [3.05, 3.63) is 52.5 Å². The summed E-state index contributed by atoms with van der Waals surface area (Å²) in [6, 6.07) is 9.55. The first kappa shape index (κ1) is 17.3. The molecule has 0 saturated carbocycles. The minimum Gasteiger partial charge on any atom is -0.144 e. The van der Waals surface area contributed by atoms with Gasteiger partial charge in [-0.3, -0.25) is 0 Å². The van der Waals surface area contributed by atoms with E-state index in [-0.39, 0.29) is 0 Å². The van der Waals surface area contributed by atoms with Crippen molar-refractivity contribution in [3.63, 3.8) is 0 Å². The Morgan fingerprint density at radius 3 is 1.62 bits per heavy atom. The molecule has 24 heavy (non-hydrogen) atoms. The summed E-state index contributed by atoms with van der Waals surface area (Å²) in [5.74, 6) is 0. The molecular formula is C16H9Cl3S4Si. The van der Waals surface area contributed by atoms with Crippen LogP contribution in [0.5, 0.6) is 0 Å². The van der Waals surface area contributed by atoms with Crippen LogP contribution in [0, 0.1) is 0 Å². The van der Waals surface area contributed by atoms with Crippen molar-refractivity contribution in [2.45, 2.75) is 0 Å². The van der Waals surface area contributed by atoms with Gasteiger partial charge in [-0.1, -0.05) is 18.2 Å². The topological polar surface area (TPSA) is 0 Å². The van der Waals surface area contributed by atoms with Crippen LogP contribution in [0.4, 0.5) is 0 Å². The zero-order valence-corrected chi connectivity index (χ0v) is 18.5. The summed E-state index contributed by atoms with van der Waals surface area (Å²) >= 11 is 26.2. The number of halogens is 3. The molecule has 0 spiro atoms. The molecule has 4 heterocycles. The van der Waals surface area contributed by atoms with Crippen LogP contribution in [0.1, 0.15) is 0 Å². The molecule has 8 heteroatoms. The van der Waals surface area contributed by atoms with E-state index in [0.29, 0.717) is 0 Å². The monoisotopic (exact) mass is 462 g/mol. The highest BCUT2D eigenvalue weighted by Gasteiger charge is 2.37. The van der Waals surface area contributed by atoms with Gasteiger partial charge < -0.3 is 0 Å². The molecule has 0 saturated heterocycles. The molecule has 4 aromatic rings. The van der Waals surface area contributed by atoms with E-state index in [2.05, 4.69) is 46.5 Å². The standard InChI is InChI=1S/C16H9Cl3S4Si/c17-24(18,19)16-14(11-5-2-8-21-11)13(10-4-1-7-20-10)15(23-16)12-6-3-9-22-12/h1-9H. The average Bonchev–Trinajstić information content (AvgIpc) is 3.30. The highest BCUT2D eigenvalue weighted by Crippen LogP contribution is 2.49. The molecule has 0 aliphatic heterocycles. The van der Waals surface area contributed by atoms with Gasteiger partial charge in [0.1, 0.15) is 0 Å². The van der Waals surface area contributed by atoms with Gasteiger partial charge in [0.2, 0.25) is 0 Å². The maximum Gasteiger partial charge on any atom is 0.383 e. The third kappa shape index (κ3) is 3.17. The van der Waals surface area contributed by atoms with Gasteiger partial charge in [-0.05, 0) is 34.3 Å². The molecule has 0 amide bonds. The van der Waals surface area contributed by atoms with E-state index in [0.717, 1.165) is 14.9 Å². The summed E-state index contributed by atoms with van der Waals surface area (Å²) in [6.07, 6.45) is 0. The summed E-state index contributed by atoms with van der Waals surface area (Å²) in [6.45, 7) is 0. The van der Waals surface area contributed by atoms with Crippen molar-refractivity contribution in [1.82, 2.24) is 0 Å². The Morgan fingerprint density at radius 2 is 1.17 bits per heavy atom. The lowest BCUT2D eigenvalue weighted by atomic mass is 10.1. The number of hydrogen-bond acceptors (Lipinski definition) is 4. The van der Waals surface area contributed by atoms with Crippen molar-refractivity contribution in [1.29, 1.82) is 0 Å². The van der Waals surface area contributed by atoms with E-state index in [1.165, 1.54) is 20.2 Å². The molecule has 0 aromatic carbocycles. The molecule has 0 aliphatic rings. The number of hydrogen-bond donors (Lipinski definition) is 0. The zero-order chi connectivity index (χ0) is 16.7. The highest BCUT2D eigenvalue weighted by atomic mass is 35.8. The lowest BCUT2D eigenvalue weighted by Gasteiger charge is -2.09. The van der Waals surface area contributed by atoms with Gasteiger partial charge in [0, 0.05) is 30.3 Å². The van der Waals surface area contributed by atoms with Crippen LogP contribution < -0.4 is 4.50 Å². The first-order chi connectivity index (χ1) is 11.6.